The number of amides is 1. The fourth-order valence-electron chi connectivity index (χ4n) is 3.67. The molecule has 2 heterocycles. The molecule has 0 aliphatic heterocycles. The van der Waals surface area contributed by atoms with Crippen LogP contribution in [0.5, 0.6) is 0 Å². The zero-order chi connectivity index (χ0) is 19.8. The summed E-state index contributed by atoms with van der Waals surface area (Å²) in [6, 6.07) is 1.89. The summed E-state index contributed by atoms with van der Waals surface area (Å²) in [5.41, 5.74) is 3.48. The summed E-state index contributed by atoms with van der Waals surface area (Å²) < 4.78 is 1.66. The number of hydrogen-bond donors (Lipinski definition) is 2. The van der Waals surface area contributed by atoms with E-state index in [4.69, 9.17) is 5.11 Å². The number of carboxylic acids is 1. The van der Waals surface area contributed by atoms with Gasteiger partial charge < -0.3 is 10.4 Å². The van der Waals surface area contributed by atoms with E-state index < -0.39 is 11.5 Å². The lowest BCUT2D eigenvalue weighted by Gasteiger charge is -2.41. The van der Waals surface area contributed by atoms with Crippen LogP contribution in [0.3, 0.4) is 0 Å². The van der Waals surface area contributed by atoms with Crippen molar-refractivity contribution < 1.29 is 14.7 Å². The summed E-state index contributed by atoms with van der Waals surface area (Å²) in [6.07, 6.45) is 2.47. The van der Waals surface area contributed by atoms with Gasteiger partial charge in [-0.1, -0.05) is 0 Å². The number of hydrogen-bond acceptors (Lipinski definition) is 5. The Labute approximate surface area is 158 Å². The second kappa shape index (κ2) is 7.09. The summed E-state index contributed by atoms with van der Waals surface area (Å²) >= 11 is 0. The smallest absolute Gasteiger partial charge is 0.305 e. The van der Waals surface area contributed by atoms with Crippen LogP contribution in [0.25, 0.3) is 5.95 Å². The van der Waals surface area contributed by atoms with E-state index in [0.29, 0.717) is 18.8 Å². The van der Waals surface area contributed by atoms with Gasteiger partial charge in [-0.25, -0.2) is 14.6 Å². The standard InChI is InChI=1S/C19H25N5O3/c1-11-8-12(2)21-18(20-11)24-14(4)15(13(3)23-24)9-16(25)22-19(6-5-7-19)10-17(26)27/h8H,5-7,9-10H2,1-4H3,(H,22,25)(H,26,27). The van der Waals surface area contributed by atoms with Gasteiger partial charge in [-0.15, -0.1) is 0 Å². The number of rotatable bonds is 6. The Kier molecular flexibility index (Phi) is 4.99. The Hall–Kier alpha value is -2.77. The molecule has 0 atom stereocenters. The van der Waals surface area contributed by atoms with Gasteiger partial charge in [-0.3, -0.25) is 9.59 Å². The van der Waals surface area contributed by atoms with Crippen molar-refractivity contribution in [3.63, 3.8) is 0 Å². The van der Waals surface area contributed by atoms with Crippen molar-refractivity contribution in [3.05, 3.63) is 34.4 Å². The van der Waals surface area contributed by atoms with E-state index >= 15 is 0 Å². The van der Waals surface area contributed by atoms with Gasteiger partial charge in [0.1, 0.15) is 0 Å². The van der Waals surface area contributed by atoms with Gasteiger partial charge >= 0.3 is 5.97 Å². The number of aryl methyl sites for hydroxylation is 3. The second-order valence-corrected chi connectivity index (χ2v) is 7.44. The highest BCUT2D eigenvalue weighted by molar-refractivity contribution is 5.81. The van der Waals surface area contributed by atoms with Crippen LogP contribution in [0.15, 0.2) is 6.07 Å². The number of carboxylic acid groups (broad SMARTS) is 1. The van der Waals surface area contributed by atoms with E-state index in [-0.39, 0.29) is 18.7 Å². The highest BCUT2D eigenvalue weighted by Crippen LogP contribution is 2.35. The minimum atomic E-state index is -0.887. The van der Waals surface area contributed by atoms with Crippen molar-refractivity contribution in [1.82, 2.24) is 25.1 Å². The van der Waals surface area contributed by atoms with Gasteiger partial charge in [0.2, 0.25) is 5.91 Å². The highest BCUT2D eigenvalue weighted by atomic mass is 16.4. The molecule has 0 unspecified atom stereocenters. The van der Waals surface area contributed by atoms with Crippen molar-refractivity contribution in [1.29, 1.82) is 0 Å². The molecule has 0 radical (unpaired) electrons. The van der Waals surface area contributed by atoms with Crippen LogP contribution >= 0.6 is 0 Å². The predicted octanol–water partition coefficient (Wildman–Crippen LogP) is 1.95. The predicted molar refractivity (Wildman–Crippen MR) is 98.8 cm³/mol. The van der Waals surface area contributed by atoms with Crippen LogP contribution in [-0.4, -0.2) is 42.3 Å². The Morgan fingerprint density at radius 1 is 1.19 bits per heavy atom. The third kappa shape index (κ3) is 3.99. The lowest BCUT2D eigenvalue weighted by molar-refractivity contribution is -0.140. The Morgan fingerprint density at radius 2 is 1.81 bits per heavy atom. The Morgan fingerprint density at radius 3 is 2.33 bits per heavy atom. The molecule has 2 aromatic rings. The normalized spacial score (nSPS) is 15.3. The van der Waals surface area contributed by atoms with Crippen molar-refractivity contribution in [3.8, 4) is 5.95 Å². The molecule has 8 heteroatoms. The van der Waals surface area contributed by atoms with E-state index in [1.54, 1.807) is 4.68 Å². The minimum absolute atomic E-state index is 0.0353. The van der Waals surface area contributed by atoms with Gasteiger partial charge in [-0.2, -0.15) is 5.10 Å². The first-order chi connectivity index (χ1) is 12.7. The molecular formula is C19H25N5O3. The highest BCUT2D eigenvalue weighted by Gasteiger charge is 2.40. The Balaban J connectivity index is 1.80. The molecule has 1 saturated carbocycles. The molecule has 1 fully saturated rings. The van der Waals surface area contributed by atoms with Crippen LogP contribution in [0.1, 0.15) is 54.0 Å². The van der Waals surface area contributed by atoms with Crippen molar-refractivity contribution in [2.45, 2.75) is 65.3 Å². The van der Waals surface area contributed by atoms with E-state index in [1.165, 1.54) is 0 Å². The first-order valence-electron chi connectivity index (χ1n) is 9.10. The van der Waals surface area contributed by atoms with Gasteiger partial charge in [0.25, 0.3) is 5.95 Å². The van der Waals surface area contributed by atoms with E-state index in [1.807, 2.05) is 33.8 Å². The molecule has 0 spiro atoms. The van der Waals surface area contributed by atoms with Gasteiger partial charge in [0, 0.05) is 22.6 Å². The van der Waals surface area contributed by atoms with Crippen LogP contribution in [0.4, 0.5) is 0 Å². The summed E-state index contributed by atoms with van der Waals surface area (Å²) in [7, 11) is 0. The molecule has 2 aromatic heterocycles. The Bertz CT molecular complexity index is 879. The maximum absolute atomic E-state index is 12.6. The third-order valence-electron chi connectivity index (χ3n) is 5.14. The first kappa shape index (κ1) is 19.0. The van der Waals surface area contributed by atoms with Crippen LogP contribution in [-0.2, 0) is 16.0 Å². The van der Waals surface area contributed by atoms with Crippen molar-refractivity contribution in [2.75, 3.05) is 0 Å². The topological polar surface area (TPSA) is 110 Å². The average molecular weight is 371 g/mol. The molecule has 3 rings (SSSR count). The minimum Gasteiger partial charge on any atom is -0.481 e. The first-order valence-corrected chi connectivity index (χ1v) is 9.10. The lowest BCUT2D eigenvalue weighted by atomic mass is 9.74. The van der Waals surface area contributed by atoms with E-state index in [2.05, 4.69) is 20.4 Å². The molecule has 0 bridgehead atoms. The molecular weight excluding hydrogens is 346 g/mol. The van der Waals surface area contributed by atoms with E-state index in [9.17, 15) is 9.59 Å². The number of nitrogens with one attached hydrogen (secondary N) is 1. The summed E-state index contributed by atoms with van der Waals surface area (Å²) in [5.74, 6) is -0.578. The molecule has 27 heavy (non-hydrogen) atoms. The molecule has 8 nitrogen and oxygen atoms in total. The van der Waals surface area contributed by atoms with Crippen molar-refractivity contribution >= 4 is 11.9 Å². The maximum Gasteiger partial charge on any atom is 0.305 e. The fourth-order valence-corrected chi connectivity index (χ4v) is 3.67. The van der Waals surface area contributed by atoms with Gasteiger partial charge in [-0.05, 0) is 53.0 Å². The monoisotopic (exact) mass is 371 g/mol. The molecule has 144 valence electrons. The maximum atomic E-state index is 12.6. The van der Waals surface area contributed by atoms with Crippen LogP contribution < -0.4 is 5.32 Å². The second-order valence-electron chi connectivity index (χ2n) is 7.44. The van der Waals surface area contributed by atoms with Crippen molar-refractivity contribution in [2.24, 2.45) is 0 Å². The number of aromatic nitrogens is 4. The molecule has 0 saturated heterocycles. The number of nitrogens with zero attached hydrogens (tertiary/aromatic N) is 4. The molecule has 0 aromatic carbocycles. The molecule has 2 N–H and O–H groups in total. The van der Waals surface area contributed by atoms with Crippen LogP contribution in [0.2, 0.25) is 0 Å². The summed E-state index contributed by atoms with van der Waals surface area (Å²) in [6.45, 7) is 7.54. The number of aliphatic carboxylic acids is 1. The summed E-state index contributed by atoms with van der Waals surface area (Å²) in [4.78, 5) is 32.6. The molecule has 1 amide bonds. The van der Waals surface area contributed by atoms with Gasteiger partial charge in [0.05, 0.1) is 24.1 Å². The van der Waals surface area contributed by atoms with E-state index in [0.717, 1.165) is 34.8 Å². The quantitative estimate of drug-likeness (QED) is 0.803. The zero-order valence-corrected chi connectivity index (χ0v) is 16.2. The number of carbonyl (C=O) groups excluding carboxylic acids is 1. The largest absolute Gasteiger partial charge is 0.481 e. The SMILES string of the molecule is Cc1cc(C)nc(-n2nc(C)c(CC(=O)NC3(CC(=O)O)CCC3)c2C)n1. The fraction of sp³-hybridized carbons (Fsp3) is 0.526. The molecule has 1 aliphatic rings. The van der Waals surface area contributed by atoms with Crippen LogP contribution in [0, 0.1) is 27.7 Å². The average Bonchev–Trinajstić information content (AvgIpc) is 2.79. The lowest BCUT2D eigenvalue weighted by Crippen LogP contribution is -2.55. The zero-order valence-electron chi connectivity index (χ0n) is 16.2. The summed E-state index contributed by atoms with van der Waals surface area (Å²) in [5, 5.41) is 16.6. The third-order valence-corrected chi connectivity index (χ3v) is 5.14. The number of carbonyl (C=O) groups is 2. The van der Waals surface area contributed by atoms with Gasteiger partial charge in [0.15, 0.2) is 0 Å². The molecule has 1 aliphatic carbocycles.